The number of para-hydroxylation sites is 1. The van der Waals surface area contributed by atoms with E-state index in [9.17, 15) is 9.90 Å². The minimum absolute atomic E-state index is 0.0816. The van der Waals surface area contributed by atoms with Gasteiger partial charge in [-0.05, 0) is 17.2 Å². The van der Waals surface area contributed by atoms with Crippen LogP contribution in [0, 0.1) is 0 Å². The lowest BCUT2D eigenvalue weighted by Crippen LogP contribution is -2.45. The summed E-state index contributed by atoms with van der Waals surface area (Å²) < 4.78 is 5.53. The maximum absolute atomic E-state index is 11.0. The van der Waals surface area contributed by atoms with Gasteiger partial charge in [-0.1, -0.05) is 42.5 Å². The number of hydrogen-bond acceptors (Lipinski definition) is 5. The van der Waals surface area contributed by atoms with Gasteiger partial charge in [0.05, 0.1) is 6.61 Å². The standard InChI is InChI=1S/C21H27N3O3/c22-21(26)16-27-20-8-4-3-6-18(20)14-24-11-9-23(10-12-24)13-17-5-1-2-7-19(17)15-25/h1-8,25H,9-16H2,(H2,22,26). The fourth-order valence-electron chi connectivity index (χ4n) is 3.38. The number of nitrogens with two attached hydrogens (primary N) is 1. The summed E-state index contributed by atoms with van der Waals surface area (Å²) in [6.07, 6.45) is 0. The summed E-state index contributed by atoms with van der Waals surface area (Å²) in [6.45, 7) is 5.51. The van der Waals surface area contributed by atoms with Crippen molar-refractivity contribution < 1.29 is 14.6 Å². The normalized spacial score (nSPS) is 15.6. The van der Waals surface area contributed by atoms with Gasteiger partial charge in [0.15, 0.2) is 6.61 Å². The lowest BCUT2D eigenvalue weighted by atomic mass is 10.1. The average Bonchev–Trinajstić information content (AvgIpc) is 2.69. The second kappa shape index (κ2) is 9.50. The van der Waals surface area contributed by atoms with E-state index >= 15 is 0 Å². The lowest BCUT2D eigenvalue weighted by Gasteiger charge is -2.35. The molecular formula is C21H27N3O3. The van der Waals surface area contributed by atoms with Crippen LogP contribution in [0.5, 0.6) is 5.75 Å². The van der Waals surface area contributed by atoms with Crippen LogP contribution < -0.4 is 10.5 Å². The zero-order valence-electron chi connectivity index (χ0n) is 15.5. The molecule has 0 saturated carbocycles. The fraction of sp³-hybridized carbons (Fsp3) is 0.381. The van der Waals surface area contributed by atoms with E-state index in [0.717, 1.165) is 56.1 Å². The van der Waals surface area contributed by atoms with E-state index < -0.39 is 5.91 Å². The topological polar surface area (TPSA) is 79.0 Å². The number of aliphatic hydroxyl groups is 1. The number of primary amides is 1. The number of ether oxygens (including phenoxy) is 1. The van der Waals surface area contributed by atoms with E-state index in [0.29, 0.717) is 0 Å². The zero-order chi connectivity index (χ0) is 19.1. The Morgan fingerprint density at radius 1 is 0.889 bits per heavy atom. The largest absolute Gasteiger partial charge is 0.483 e. The third-order valence-corrected chi connectivity index (χ3v) is 4.88. The van der Waals surface area contributed by atoms with Crippen LogP contribution in [0.15, 0.2) is 48.5 Å². The molecule has 0 aliphatic carbocycles. The van der Waals surface area contributed by atoms with Crippen molar-refractivity contribution in [1.29, 1.82) is 0 Å². The van der Waals surface area contributed by atoms with Crippen LogP contribution in [-0.4, -0.2) is 53.6 Å². The Labute approximate surface area is 160 Å². The summed E-state index contributed by atoms with van der Waals surface area (Å²) in [7, 11) is 0. The Kier molecular flexibility index (Phi) is 6.81. The first kappa shape index (κ1) is 19.4. The van der Waals surface area contributed by atoms with Gasteiger partial charge in [0.1, 0.15) is 5.75 Å². The predicted molar refractivity (Wildman–Crippen MR) is 104 cm³/mol. The molecule has 1 aliphatic heterocycles. The zero-order valence-corrected chi connectivity index (χ0v) is 15.5. The number of amides is 1. The number of nitrogens with zero attached hydrogens (tertiary/aromatic N) is 2. The van der Waals surface area contributed by atoms with Crippen LogP contribution in [0.25, 0.3) is 0 Å². The highest BCUT2D eigenvalue weighted by atomic mass is 16.5. The van der Waals surface area contributed by atoms with Crippen molar-refractivity contribution in [3.05, 3.63) is 65.2 Å². The first-order valence-corrected chi connectivity index (χ1v) is 9.27. The Balaban J connectivity index is 1.53. The van der Waals surface area contributed by atoms with Gasteiger partial charge in [-0.3, -0.25) is 14.6 Å². The Hall–Kier alpha value is -2.41. The molecule has 0 atom stereocenters. The van der Waals surface area contributed by atoms with Crippen molar-refractivity contribution in [2.75, 3.05) is 32.8 Å². The number of carbonyl (C=O) groups excluding carboxylic acids is 1. The molecule has 144 valence electrons. The number of hydrogen-bond donors (Lipinski definition) is 2. The number of aliphatic hydroxyl groups excluding tert-OH is 1. The van der Waals surface area contributed by atoms with Gasteiger partial charge in [-0.15, -0.1) is 0 Å². The molecule has 1 fully saturated rings. The fourth-order valence-corrected chi connectivity index (χ4v) is 3.38. The highest BCUT2D eigenvalue weighted by Gasteiger charge is 2.19. The van der Waals surface area contributed by atoms with Gasteiger partial charge < -0.3 is 15.6 Å². The van der Waals surface area contributed by atoms with E-state index in [1.54, 1.807) is 0 Å². The van der Waals surface area contributed by atoms with E-state index in [-0.39, 0.29) is 13.2 Å². The van der Waals surface area contributed by atoms with Crippen molar-refractivity contribution in [2.24, 2.45) is 5.73 Å². The molecule has 0 bridgehead atoms. The minimum Gasteiger partial charge on any atom is -0.483 e. The van der Waals surface area contributed by atoms with Crippen molar-refractivity contribution >= 4 is 5.91 Å². The molecule has 6 heteroatoms. The molecule has 0 spiro atoms. The summed E-state index contributed by atoms with van der Waals surface area (Å²) in [5, 5.41) is 9.49. The highest BCUT2D eigenvalue weighted by molar-refractivity contribution is 5.75. The quantitative estimate of drug-likeness (QED) is 0.735. The maximum atomic E-state index is 11.0. The van der Waals surface area contributed by atoms with E-state index in [4.69, 9.17) is 10.5 Å². The molecule has 0 unspecified atom stereocenters. The van der Waals surface area contributed by atoms with Crippen molar-refractivity contribution in [1.82, 2.24) is 9.80 Å². The second-order valence-electron chi connectivity index (χ2n) is 6.84. The van der Waals surface area contributed by atoms with E-state index in [2.05, 4.69) is 15.9 Å². The van der Waals surface area contributed by atoms with Gasteiger partial charge in [0, 0.05) is 44.8 Å². The first-order chi connectivity index (χ1) is 13.2. The Morgan fingerprint density at radius 3 is 2.00 bits per heavy atom. The van der Waals surface area contributed by atoms with Crippen LogP contribution >= 0.6 is 0 Å². The Morgan fingerprint density at radius 2 is 1.41 bits per heavy atom. The van der Waals surface area contributed by atoms with Gasteiger partial charge in [0.25, 0.3) is 5.91 Å². The van der Waals surface area contributed by atoms with Crippen LogP contribution in [0.4, 0.5) is 0 Å². The smallest absolute Gasteiger partial charge is 0.255 e. The molecule has 1 heterocycles. The van der Waals surface area contributed by atoms with Crippen LogP contribution in [-0.2, 0) is 24.5 Å². The number of benzene rings is 2. The first-order valence-electron chi connectivity index (χ1n) is 9.27. The van der Waals surface area contributed by atoms with E-state index in [1.165, 1.54) is 5.56 Å². The third-order valence-electron chi connectivity index (χ3n) is 4.88. The molecule has 1 amide bonds. The Bertz CT molecular complexity index is 758. The SMILES string of the molecule is NC(=O)COc1ccccc1CN1CCN(Cc2ccccc2CO)CC1. The summed E-state index contributed by atoms with van der Waals surface area (Å²) in [5.74, 6) is 0.247. The molecule has 3 N–H and O–H groups in total. The van der Waals surface area contributed by atoms with Gasteiger partial charge >= 0.3 is 0 Å². The predicted octanol–water partition coefficient (Wildman–Crippen LogP) is 1.36. The molecule has 3 rings (SSSR count). The number of carbonyl (C=O) groups is 1. The molecule has 6 nitrogen and oxygen atoms in total. The van der Waals surface area contributed by atoms with Gasteiger partial charge in [0.2, 0.25) is 0 Å². The van der Waals surface area contributed by atoms with Crippen LogP contribution in [0.1, 0.15) is 16.7 Å². The van der Waals surface area contributed by atoms with Gasteiger partial charge in [-0.2, -0.15) is 0 Å². The van der Waals surface area contributed by atoms with Crippen LogP contribution in [0.3, 0.4) is 0 Å². The molecule has 2 aromatic carbocycles. The van der Waals surface area contributed by atoms with Gasteiger partial charge in [-0.25, -0.2) is 0 Å². The number of piperazine rings is 1. The molecule has 0 aromatic heterocycles. The van der Waals surface area contributed by atoms with Crippen molar-refractivity contribution in [3.8, 4) is 5.75 Å². The second-order valence-corrected chi connectivity index (χ2v) is 6.84. The molecular weight excluding hydrogens is 342 g/mol. The van der Waals surface area contributed by atoms with Crippen LogP contribution in [0.2, 0.25) is 0 Å². The molecule has 1 aliphatic rings. The van der Waals surface area contributed by atoms with Crippen molar-refractivity contribution in [2.45, 2.75) is 19.7 Å². The minimum atomic E-state index is -0.471. The summed E-state index contributed by atoms with van der Waals surface area (Å²) >= 11 is 0. The molecule has 0 radical (unpaired) electrons. The summed E-state index contributed by atoms with van der Waals surface area (Å²) in [5.41, 5.74) is 8.44. The van der Waals surface area contributed by atoms with E-state index in [1.807, 2.05) is 42.5 Å². The molecule has 2 aromatic rings. The maximum Gasteiger partial charge on any atom is 0.255 e. The molecule has 27 heavy (non-hydrogen) atoms. The van der Waals surface area contributed by atoms with Crippen molar-refractivity contribution in [3.63, 3.8) is 0 Å². The highest BCUT2D eigenvalue weighted by Crippen LogP contribution is 2.21. The summed E-state index contributed by atoms with van der Waals surface area (Å²) in [4.78, 5) is 15.8. The monoisotopic (exact) mass is 369 g/mol. The lowest BCUT2D eigenvalue weighted by molar-refractivity contribution is -0.119. The number of rotatable bonds is 8. The summed E-state index contributed by atoms with van der Waals surface area (Å²) in [6, 6.07) is 15.8. The molecule has 1 saturated heterocycles. The third kappa shape index (κ3) is 5.53. The average molecular weight is 369 g/mol.